The number of benzene rings is 2. The number of rotatable bonds is 4. The maximum absolute atomic E-state index is 14.9. The van der Waals surface area contributed by atoms with Crippen LogP contribution in [0.25, 0.3) is 0 Å². The van der Waals surface area contributed by atoms with Crippen LogP contribution >= 0.6 is 0 Å². The molecule has 6 nitrogen and oxygen atoms in total. The second kappa shape index (κ2) is 7.87. The van der Waals surface area contributed by atoms with E-state index in [1.807, 2.05) is 30.3 Å². The molecule has 3 aromatic rings. The SMILES string of the molecule is CN1C(=O)[C@@H](NC(=O)c2cc(Cc3ccccc3)on2)[C@@H](F)Cc2ccccc21. The summed E-state index contributed by atoms with van der Waals surface area (Å²) in [6, 6.07) is 17.0. The van der Waals surface area contributed by atoms with Crippen molar-refractivity contribution in [1.29, 1.82) is 0 Å². The quantitative estimate of drug-likeness (QED) is 0.740. The number of likely N-dealkylation sites (N-methyl/N-ethyl adjacent to an activating group) is 1. The Morgan fingerprint density at radius 1 is 1.21 bits per heavy atom. The standard InChI is InChI=1S/C22H20FN3O3/c1-26-19-10-6-5-9-15(19)12-17(23)20(22(26)28)24-21(27)18-13-16(29-25-18)11-14-7-3-2-4-8-14/h2-10,13,17,20H,11-12H2,1H3,(H,24,27)/t17-,20-/m0/s1. The summed E-state index contributed by atoms with van der Waals surface area (Å²) in [5.74, 6) is -0.646. The summed E-state index contributed by atoms with van der Waals surface area (Å²) in [7, 11) is 1.58. The van der Waals surface area contributed by atoms with Gasteiger partial charge in [-0.15, -0.1) is 0 Å². The molecule has 0 aliphatic carbocycles. The van der Waals surface area contributed by atoms with Gasteiger partial charge in [-0.05, 0) is 17.2 Å². The van der Waals surface area contributed by atoms with Crippen LogP contribution in [0.2, 0.25) is 0 Å². The van der Waals surface area contributed by atoms with Gasteiger partial charge >= 0.3 is 0 Å². The lowest BCUT2D eigenvalue weighted by Gasteiger charge is -2.22. The molecule has 0 fully saturated rings. The normalized spacial score (nSPS) is 18.8. The zero-order valence-corrected chi connectivity index (χ0v) is 15.8. The van der Waals surface area contributed by atoms with Crippen molar-refractivity contribution in [2.45, 2.75) is 25.1 Å². The van der Waals surface area contributed by atoms with Gasteiger partial charge in [-0.25, -0.2) is 4.39 Å². The number of halogens is 1. The summed E-state index contributed by atoms with van der Waals surface area (Å²) in [5.41, 5.74) is 2.39. The first-order valence-electron chi connectivity index (χ1n) is 9.33. The summed E-state index contributed by atoms with van der Waals surface area (Å²) < 4.78 is 20.1. The van der Waals surface area contributed by atoms with Crippen molar-refractivity contribution < 1.29 is 18.5 Å². The molecule has 0 saturated heterocycles. The number of anilines is 1. The number of hydrogen-bond acceptors (Lipinski definition) is 4. The largest absolute Gasteiger partial charge is 0.360 e. The smallest absolute Gasteiger partial charge is 0.274 e. The molecular formula is C22H20FN3O3. The lowest BCUT2D eigenvalue weighted by Crippen LogP contribution is -2.51. The van der Waals surface area contributed by atoms with Gasteiger partial charge in [-0.1, -0.05) is 53.7 Å². The first-order valence-corrected chi connectivity index (χ1v) is 9.33. The number of nitrogens with zero attached hydrogens (tertiary/aromatic N) is 2. The van der Waals surface area contributed by atoms with Crippen LogP contribution in [0.15, 0.2) is 65.2 Å². The average molecular weight is 393 g/mol. The molecule has 0 saturated carbocycles. The van der Waals surface area contributed by atoms with Crippen molar-refractivity contribution in [1.82, 2.24) is 10.5 Å². The van der Waals surface area contributed by atoms with Gasteiger partial charge in [-0.2, -0.15) is 0 Å². The third-order valence-electron chi connectivity index (χ3n) is 5.03. The molecular weight excluding hydrogens is 373 g/mol. The molecule has 2 amide bonds. The van der Waals surface area contributed by atoms with Crippen LogP contribution in [-0.2, 0) is 17.6 Å². The molecule has 2 atom stereocenters. The van der Waals surface area contributed by atoms with Gasteiger partial charge < -0.3 is 14.7 Å². The van der Waals surface area contributed by atoms with Gasteiger partial charge in [0.25, 0.3) is 11.8 Å². The number of amides is 2. The van der Waals surface area contributed by atoms with E-state index in [0.29, 0.717) is 17.9 Å². The van der Waals surface area contributed by atoms with Gasteiger partial charge in [0, 0.05) is 31.6 Å². The van der Waals surface area contributed by atoms with Crippen LogP contribution in [0.4, 0.5) is 10.1 Å². The number of hydrogen-bond donors (Lipinski definition) is 1. The highest BCUT2D eigenvalue weighted by atomic mass is 19.1. The van der Waals surface area contributed by atoms with Crippen molar-refractivity contribution in [3.8, 4) is 0 Å². The summed E-state index contributed by atoms with van der Waals surface area (Å²) in [5, 5.41) is 6.26. The number of aromatic nitrogens is 1. The lowest BCUT2D eigenvalue weighted by atomic mass is 10.0. The molecule has 0 unspecified atom stereocenters. The molecule has 29 heavy (non-hydrogen) atoms. The van der Waals surface area contributed by atoms with Crippen molar-refractivity contribution in [2.24, 2.45) is 0 Å². The lowest BCUT2D eigenvalue weighted by molar-refractivity contribution is -0.121. The van der Waals surface area contributed by atoms with E-state index < -0.39 is 24.0 Å². The average Bonchev–Trinajstić information content (AvgIpc) is 3.17. The number of alkyl halides is 1. The predicted octanol–water partition coefficient (Wildman–Crippen LogP) is 2.92. The monoisotopic (exact) mass is 393 g/mol. The minimum absolute atomic E-state index is 0.0142. The second-order valence-electron chi connectivity index (χ2n) is 7.04. The molecule has 1 N–H and O–H groups in total. The maximum atomic E-state index is 14.9. The fourth-order valence-electron chi connectivity index (χ4n) is 3.49. The van der Waals surface area contributed by atoms with Gasteiger partial charge in [0.2, 0.25) is 0 Å². The Bertz CT molecular complexity index is 1030. The van der Waals surface area contributed by atoms with E-state index in [0.717, 1.165) is 11.1 Å². The van der Waals surface area contributed by atoms with Crippen LogP contribution < -0.4 is 10.2 Å². The summed E-state index contributed by atoms with van der Waals surface area (Å²) in [6.45, 7) is 0. The van der Waals surface area contributed by atoms with Crippen LogP contribution in [0.1, 0.15) is 27.4 Å². The Hall–Kier alpha value is -3.48. The third-order valence-corrected chi connectivity index (χ3v) is 5.03. The Morgan fingerprint density at radius 3 is 2.72 bits per heavy atom. The predicted molar refractivity (Wildman–Crippen MR) is 105 cm³/mol. The van der Waals surface area contributed by atoms with E-state index in [1.165, 1.54) is 11.0 Å². The zero-order valence-electron chi connectivity index (χ0n) is 15.8. The zero-order chi connectivity index (χ0) is 20.4. The number of fused-ring (bicyclic) bond motifs is 1. The Balaban J connectivity index is 1.49. The number of carbonyl (C=O) groups is 2. The van der Waals surface area contributed by atoms with Crippen molar-refractivity contribution in [2.75, 3.05) is 11.9 Å². The van der Waals surface area contributed by atoms with Gasteiger partial charge in [0.15, 0.2) is 5.69 Å². The number of nitrogens with one attached hydrogen (secondary N) is 1. The maximum Gasteiger partial charge on any atom is 0.274 e. The molecule has 0 spiro atoms. The highest BCUT2D eigenvalue weighted by Gasteiger charge is 2.37. The Labute approximate surface area is 167 Å². The van der Waals surface area contributed by atoms with Gasteiger partial charge in [-0.3, -0.25) is 9.59 Å². The number of carbonyl (C=O) groups excluding carboxylic acids is 2. The molecule has 7 heteroatoms. The molecule has 4 rings (SSSR count). The molecule has 1 aliphatic rings. The summed E-state index contributed by atoms with van der Waals surface area (Å²) in [4.78, 5) is 26.7. The number of para-hydroxylation sites is 1. The first kappa shape index (κ1) is 18.9. The molecule has 2 heterocycles. The molecule has 2 aromatic carbocycles. The molecule has 1 aliphatic heterocycles. The van der Waals surface area contributed by atoms with Crippen molar-refractivity contribution in [3.05, 3.63) is 83.2 Å². The van der Waals surface area contributed by atoms with E-state index in [2.05, 4.69) is 10.5 Å². The van der Waals surface area contributed by atoms with Crippen LogP contribution in [0, 0.1) is 0 Å². The van der Waals surface area contributed by atoms with Crippen LogP contribution in [-0.4, -0.2) is 36.2 Å². The third kappa shape index (κ3) is 3.89. The fourth-order valence-corrected chi connectivity index (χ4v) is 3.49. The highest BCUT2D eigenvalue weighted by molar-refractivity contribution is 6.02. The van der Waals surface area contributed by atoms with Crippen molar-refractivity contribution >= 4 is 17.5 Å². The second-order valence-corrected chi connectivity index (χ2v) is 7.04. The van der Waals surface area contributed by atoms with E-state index in [-0.39, 0.29) is 12.1 Å². The van der Waals surface area contributed by atoms with Gasteiger partial charge in [0.05, 0.1) is 0 Å². The summed E-state index contributed by atoms with van der Waals surface area (Å²) >= 11 is 0. The molecule has 1 aromatic heterocycles. The highest BCUT2D eigenvalue weighted by Crippen LogP contribution is 2.27. The summed E-state index contributed by atoms with van der Waals surface area (Å²) in [6.07, 6.45) is -1.03. The van der Waals surface area contributed by atoms with E-state index >= 15 is 0 Å². The first-order chi connectivity index (χ1) is 14.0. The van der Waals surface area contributed by atoms with Gasteiger partial charge in [0.1, 0.15) is 18.0 Å². The van der Waals surface area contributed by atoms with E-state index in [1.54, 1.807) is 31.3 Å². The van der Waals surface area contributed by atoms with E-state index in [4.69, 9.17) is 4.52 Å². The topological polar surface area (TPSA) is 75.4 Å². The Morgan fingerprint density at radius 2 is 1.93 bits per heavy atom. The van der Waals surface area contributed by atoms with Crippen molar-refractivity contribution in [3.63, 3.8) is 0 Å². The van der Waals surface area contributed by atoms with Crippen LogP contribution in [0.3, 0.4) is 0 Å². The molecule has 0 radical (unpaired) electrons. The minimum Gasteiger partial charge on any atom is -0.360 e. The molecule has 0 bridgehead atoms. The fraction of sp³-hybridized carbons (Fsp3) is 0.227. The minimum atomic E-state index is -1.55. The molecule has 148 valence electrons. The van der Waals surface area contributed by atoms with Crippen LogP contribution in [0.5, 0.6) is 0 Å². The Kier molecular flexibility index (Phi) is 5.12. The van der Waals surface area contributed by atoms with E-state index in [9.17, 15) is 14.0 Å².